The fourth-order valence-corrected chi connectivity index (χ4v) is 2.96. The molecule has 6 heteroatoms. The third kappa shape index (κ3) is 2.41. The zero-order chi connectivity index (χ0) is 15.6. The first-order chi connectivity index (χ1) is 11.4. The van der Waals surface area contributed by atoms with Crippen LogP contribution in [0.1, 0.15) is 0 Å². The van der Waals surface area contributed by atoms with Gasteiger partial charge in [-0.15, -0.1) is 0 Å². The molecule has 1 fully saturated rings. The number of rotatable bonds is 3. The third-order valence-corrected chi connectivity index (χ3v) is 4.10. The molecule has 1 saturated heterocycles. The zero-order valence-electron chi connectivity index (χ0n) is 13.0. The number of methoxy groups -OCH3 is 1. The number of para-hydroxylation sites is 1. The fourth-order valence-electron chi connectivity index (χ4n) is 2.96. The minimum Gasteiger partial charge on any atom is -0.496 e. The lowest BCUT2D eigenvalue weighted by Crippen LogP contribution is -2.37. The normalized spacial score (nSPS) is 15.1. The van der Waals surface area contributed by atoms with Crippen LogP contribution in [-0.2, 0) is 4.74 Å². The van der Waals surface area contributed by atoms with E-state index in [1.54, 1.807) is 7.11 Å². The Labute approximate surface area is 134 Å². The van der Waals surface area contributed by atoms with Crippen molar-refractivity contribution in [3.05, 3.63) is 42.9 Å². The Kier molecular flexibility index (Phi) is 3.59. The van der Waals surface area contributed by atoms with Crippen LogP contribution in [0.25, 0.3) is 16.9 Å². The quantitative estimate of drug-likeness (QED) is 0.742. The molecule has 3 heterocycles. The molecule has 1 aliphatic rings. The summed E-state index contributed by atoms with van der Waals surface area (Å²) in [6, 6.07) is 7.96. The van der Waals surface area contributed by atoms with Crippen LogP contribution in [0.5, 0.6) is 5.75 Å². The van der Waals surface area contributed by atoms with Crippen LogP contribution >= 0.6 is 0 Å². The van der Waals surface area contributed by atoms with Crippen LogP contribution in [0.2, 0.25) is 0 Å². The second kappa shape index (κ2) is 5.89. The fraction of sp³-hybridized carbons (Fsp3) is 0.294. The van der Waals surface area contributed by atoms with Crippen molar-refractivity contribution in [2.24, 2.45) is 0 Å². The van der Waals surface area contributed by atoms with E-state index in [9.17, 15) is 0 Å². The van der Waals surface area contributed by atoms with E-state index in [-0.39, 0.29) is 0 Å². The van der Waals surface area contributed by atoms with Crippen molar-refractivity contribution in [1.82, 2.24) is 14.4 Å². The number of fused-ring (bicyclic) bond motifs is 1. The molecule has 1 aromatic carbocycles. The van der Waals surface area contributed by atoms with E-state index < -0.39 is 0 Å². The highest BCUT2D eigenvalue weighted by Gasteiger charge is 2.18. The number of hydrogen-bond donors (Lipinski definition) is 0. The van der Waals surface area contributed by atoms with Gasteiger partial charge in [-0.1, -0.05) is 12.1 Å². The number of benzene rings is 1. The number of ether oxygens (including phenoxy) is 2. The highest BCUT2D eigenvalue weighted by molar-refractivity contribution is 5.74. The molecule has 0 bridgehead atoms. The van der Waals surface area contributed by atoms with E-state index in [4.69, 9.17) is 9.47 Å². The summed E-state index contributed by atoms with van der Waals surface area (Å²) in [6.07, 6.45) is 5.63. The molecule has 0 radical (unpaired) electrons. The average Bonchev–Trinajstić information content (AvgIpc) is 3.06. The number of morpholine rings is 1. The summed E-state index contributed by atoms with van der Waals surface area (Å²) in [6.45, 7) is 3.12. The predicted octanol–water partition coefficient (Wildman–Crippen LogP) is 2.24. The second-order valence-electron chi connectivity index (χ2n) is 5.39. The van der Waals surface area contributed by atoms with E-state index in [0.29, 0.717) is 0 Å². The number of hydrogen-bond acceptors (Lipinski definition) is 5. The second-order valence-corrected chi connectivity index (χ2v) is 5.39. The molecule has 3 aromatic rings. The summed E-state index contributed by atoms with van der Waals surface area (Å²) >= 11 is 0. The molecule has 0 aliphatic carbocycles. The van der Waals surface area contributed by atoms with E-state index in [1.165, 1.54) is 0 Å². The first kappa shape index (κ1) is 14.0. The van der Waals surface area contributed by atoms with Gasteiger partial charge >= 0.3 is 0 Å². The molecule has 0 amide bonds. The Morgan fingerprint density at radius 2 is 1.96 bits per heavy atom. The van der Waals surface area contributed by atoms with E-state index in [0.717, 1.165) is 54.8 Å². The molecule has 1 aliphatic heterocycles. The first-order valence-corrected chi connectivity index (χ1v) is 7.66. The van der Waals surface area contributed by atoms with Gasteiger partial charge in [-0.25, -0.2) is 9.97 Å². The molecule has 0 unspecified atom stereocenters. The number of imidazole rings is 1. The van der Waals surface area contributed by atoms with Crippen LogP contribution in [0.3, 0.4) is 0 Å². The van der Waals surface area contributed by atoms with Gasteiger partial charge in [0.1, 0.15) is 5.75 Å². The maximum Gasteiger partial charge on any atom is 0.180 e. The van der Waals surface area contributed by atoms with Crippen molar-refractivity contribution < 1.29 is 9.47 Å². The standard InChI is InChI=1S/C17H18N4O2/c1-22-15-5-3-2-4-13(15)14-12-19-17-16(18-6-7-21(14)17)20-8-10-23-11-9-20/h2-7,12H,8-11H2,1H3. The number of nitrogens with zero attached hydrogens (tertiary/aromatic N) is 4. The molecule has 4 rings (SSSR count). The van der Waals surface area contributed by atoms with E-state index in [1.807, 2.05) is 42.9 Å². The lowest BCUT2D eigenvalue weighted by Gasteiger charge is -2.27. The van der Waals surface area contributed by atoms with Crippen molar-refractivity contribution in [1.29, 1.82) is 0 Å². The van der Waals surface area contributed by atoms with Crippen molar-refractivity contribution in [2.75, 3.05) is 38.3 Å². The van der Waals surface area contributed by atoms with Gasteiger partial charge in [-0.2, -0.15) is 0 Å². The van der Waals surface area contributed by atoms with Crippen LogP contribution in [0.4, 0.5) is 5.82 Å². The van der Waals surface area contributed by atoms with Gasteiger partial charge in [0.05, 0.1) is 32.2 Å². The van der Waals surface area contributed by atoms with Gasteiger partial charge in [0.2, 0.25) is 0 Å². The predicted molar refractivity (Wildman–Crippen MR) is 88.0 cm³/mol. The maximum atomic E-state index is 5.48. The van der Waals surface area contributed by atoms with Crippen molar-refractivity contribution >= 4 is 11.5 Å². The molecule has 0 N–H and O–H groups in total. The van der Waals surface area contributed by atoms with Crippen LogP contribution in [0.15, 0.2) is 42.9 Å². The van der Waals surface area contributed by atoms with Crippen molar-refractivity contribution in [3.8, 4) is 17.0 Å². The molecule has 6 nitrogen and oxygen atoms in total. The van der Waals surface area contributed by atoms with Gasteiger partial charge in [0.15, 0.2) is 11.5 Å². The van der Waals surface area contributed by atoms with Gasteiger partial charge in [0.25, 0.3) is 0 Å². The highest BCUT2D eigenvalue weighted by Crippen LogP contribution is 2.31. The van der Waals surface area contributed by atoms with E-state index in [2.05, 4.69) is 19.3 Å². The van der Waals surface area contributed by atoms with Gasteiger partial charge in [-0.3, -0.25) is 4.40 Å². The molecule has 2 aromatic heterocycles. The Balaban J connectivity index is 1.84. The summed E-state index contributed by atoms with van der Waals surface area (Å²) in [7, 11) is 1.68. The topological polar surface area (TPSA) is 51.9 Å². The Morgan fingerprint density at radius 3 is 2.78 bits per heavy atom. The molecular weight excluding hydrogens is 292 g/mol. The zero-order valence-corrected chi connectivity index (χ0v) is 13.0. The van der Waals surface area contributed by atoms with Crippen LogP contribution in [0, 0.1) is 0 Å². The Bertz CT molecular complexity index is 824. The largest absolute Gasteiger partial charge is 0.496 e. The average molecular weight is 310 g/mol. The lowest BCUT2D eigenvalue weighted by atomic mass is 10.1. The molecule has 118 valence electrons. The number of aromatic nitrogens is 3. The van der Waals surface area contributed by atoms with Gasteiger partial charge in [-0.05, 0) is 12.1 Å². The molecule has 23 heavy (non-hydrogen) atoms. The molecule has 0 saturated carbocycles. The smallest absolute Gasteiger partial charge is 0.180 e. The molecule has 0 spiro atoms. The van der Waals surface area contributed by atoms with Crippen LogP contribution < -0.4 is 9.64 Å². The summed E-state index contributed by atoms with van der Waals surface area (Å²) in [5.41, 5.74) is 2.87. The maximum absolute atomic E-state index is 5.48. The first-order valence-electron chi connectivity index (χ1n) is 7.66. The van der Waals surface area contributed by atoms with Crippen molar-refractivity contribution in [2.45, 2.75) is 0 Å². The minimum absolute atomic E-state index is 0.725. The lowest BCUT2D eigenvalue weighted by molar-refractivity contribution is 0.122. The molecular formula is C17H18N4O2. The Hall–Kier alpha value is -2.60. The van der Waals surface area contributed by atoms with E-state index >= 15 is 0 Å². The van der Waals surface area contributed by atoms with Crippen molar-refractivity contribution in [3.63, 3.8) is 0 Å². The minimum atomic E-state index is 0.725. The number of anilines is 1. The third-order valence-electron chi connectivity index (χ3n) is 4.10. The SMILES string of the molecule is COc1ccccc1-c1cnc2c(N3CCOCC3)nccn12. The molecule has 0 atom stereocenters. The monoisotopic (exact) mass is 310 g/mol. The summed E-state index contributed by atoms with van der Waals surface area (Å²) in [4.78, 5) is 11.4. The Morgan fingerprint density at radius 1 is 1.13 bits per heavy atom. The highest BCUT2D eigenvalue weighted by atomic mass is 16.5. The van der Waals surface area contributed by atoms with Crippen LogP contribution in [-0.4, -0.2) is 47.8 Å². The summed E-state index contributed by atoms with van der Waals surface area (Å²) in [5, 5.41) is 0. The van der Waals surface area contributed by atoms with Gasteiger partial charge < -0.3 is 14.4 Å². The summed E-state index contributed by atoms with van der Waals surface area (Å²) < 4.78 is 13.0. The van der Waals surface area contributed by atoms with Gasteiger partial charge in [0, 0.05) is 31.0 Å². The summed E-state index contributed by atoms with van der Waals surface area (Å²) in [5.74, 6) is 1.73.